The van der Waals surface area contributed by atoms with Gasteiger partial charge in [-0.15, -0.1) is 0 Å². The topological polar surface area (TPSA) is 77.2 Å². The number of nitrogens with zero attached hydrogens (tertiary/aromatic N) is 4. The molecule has 1 aliphatic heterocycles. The van der Waals surface area contributed by atoms with Crippen molar-refractivity contribution in [3.05, 3.63) is 5.28 Å². The first-order valence-electron chi connectivity index (χ1n) is 5.10. The van der Waals surface area contributed by atoms with E-state index in [-0.39, 0.29) is 11.2 Å². The Hall–Kier alpha value is -1.14. The van der Waals surface area contributed by atoms with Crippen molar-refractivity contribution in [3.63, 3.8) is 0 Å². The van der Waals surface area contributed by atoms with Crippen LogP contribution in [0.3, 0.4) is 0 Å². The zero-order valence-corrected chi connectivity index (χ0v) is 9.81. The van der Waals surface area contributed by atoms with Gasteiger partial charge in [0.2, 0.25) is 17.2 Å². The Kier molecular flexibility index (Phi) is 3.40. The Labute approximate surface area is 98.8 Å². The molecule has 0 radical (unpaired) electrons. The van der Waals surface area contributed by atoms with Gasteiger partial charge in [-0.25, -0.2) is 0 Å². The number of aromatic nitrogens is 3. The number of nitrogens with two attached hydrogens (primary N) is 1. The van der Waals surface area contributed by atoms with Crippen molar-refractivity contribution < 1.29 is 4.74 Å². The maximum absolute atomic E-state index is 5.73. The molecule has 0 amide bonds. The largest absolute Gasteiger partial charge is 0.384 e. The molecule has 6 nitrogen and oxygen atoms in total. The number of halogens is 1. The number of hydrogen-bond acceptors (Lipinski definition) is 6. The lowest BCUT2D eigenvalue weighted by molar-refractivity contribution is 0.161. The zero-order chi connectivity index (χ0) is 11.5. The predicted molar refractivity (Wildman–Crippen MR) is 61.4 cm³/mol. The molecule has 1 unspecified atom stereocenters. The van der Waals surface area contributed by atoms with Crippen LogP contribution in [-0.4, -0.2) is 41.8 Å². The lowest BCUT2D eigenvalue weighted by Gasteiger charge is -2.16. The number of methoxy groups -OCH3 is 1. The molecule has 1 aromatic heterocycles. The molecule has 2 N–H and O–H groups in total. The summed E-state index contributed by atoms with van der Waals surface area (Å²) < 4.78 is 5.13. The van der Waals surface area contributed by atoms with Gasteiger partial charge in [-0.05, 0) is 18.0 Å². The van der Waals surface area contributed by atoms with Crippen molar-refractivity contribution >= 4 is 23.5 Å². The molecule has 1 atom stereocenters. The normalized spacial score (nSPS) is 20.4. The van der Waals surface area contributed by atoms with Crippen molar-refractivity contribution in [1.29, 1.82) is 0 Å². The monoisotopic (exact) mass is 243 g/mol. The third kappa shape index (κ3) is 2.51. The first-order valence-corrected chi connectivity index (χ1v) is 5.47. The summed E-state index contributed by atoms with van der Waals surface area (Å²) in [6.07, 6.45) is 1.07. The zero-order valence-electron chi connectivity index (χ0n) is 9.06. The van der Waals surface area contributed by atoms with Crippen LogP contribution in [0.4, 0.5) is 11.9 Å². The van der Waals surface area contributed by atoms with Crippen molar-refractivity contribution in [2.24, 2.45) is 5.92 Å². The van der Waals surface area contributed by atoms with E-state index < -0.39 is 0 Å². The number of ether oxygens (including phenoxy) is 1. The average Bonchev–Trinajstić information content (AvgIpc) is 2.65. The third-order valence-corrected chi connectivity index (χ3v) is 2.75. The molecule has 2 rings (SSSR count). The van der Waals surface area contributed by atoms with Crippen molar-refractivity contribution in [1.82, 2.24) is 15.0 Å². The molecule has 16 heavy (non-hydrogen) atoms. The molecule has 1 aromatic rings. The van der Waals surface area contributed by atoms with E-state index in [0.717, 1.165) is 26.1 Å². The molecule has 0 spiro atoms. The van der Waals surface area contributed by atoms with Crippen LogP contribution in [0.2, 0.25) is 5.28 Å². The summed E-state index contributed by atoms with van der Waals surface area (Å²) in [5.74, 6) is 1.23. The Morgan fingerprint density at radius 2 is 2.31 bits per heavy atom. The quantitative estimate of drug-likeness (QED) is 0.837. The van der Waals surface area contributed by atoms with Crippen LogP contribution in [0.25, 0.3) is 0 Å². The van der Waals surface area contributed by atoms with Crippen LogP contribution >= 0.6 is 11.6 Å². The maximum atomic E-state index is 5.73. The number of nitrogen functional groups attached to an aromatic ring is 1. The summed E-state index contributed by atoms with van der Waals surface area (Å²) in [6.45, 7) is 2.52. The van der Waals surface area contributed by atoms with E-state index in [4.69, 9.17) is 22.1 Å². The Balaban J connectivity index is 2.08. The smallest absolute Gasteiger partial charge is 0.231 e. The van der Waals surface area contributed by atoms with E-state index in [1.165, 1.54) is 0 Å². The van der Waals surface area contributed by atoms with Crippen molar-refractivity contribution in [2.75, 3.05) is 37.4 Å². The molecule has 0 aromatic carbocycles. The summed E-state index contributed by atoms with van der Waals surface area (Å²) in [7, 11) is 1.71. The predicted octanol–water partition coefficient (Wildman–Crippen LogP) is 0.580. The number of rotatable bonds is 3. The SMILES string of the molecule is COCC1CCN(c2nc(N)nc(Cl)n2)C1. The molecule has 1 saturated heterocycles. The molecule has 0 saturated carbocycles. The van der Waals surface area contributed by atoms with E-state index in [1.807, 2.05) is 4.90 Å². The highest BCUT2D eigenvalue weighted by atomic mass is 35.5. The molecule has 88 valence electrons. The Morgan fingerprint density at radius 3 is 3.00 bits per heavy atom. The van der Waals surface area contributed by atoms with Crippen molar-refractivity contribution in [3.8, 4) is 0 Å². The van der Waals surface area contributed by atoms with E-state index in [2.05, 4.69) is 15.0 Å². The minimum atomic E-state index is 0.137. The second-order valence-corrected chi connectivity index (χ2v) is 4.16. The number of hydrogen-bond donors (Lipinski definition) is 1. The van der Waals surface area contributed by atoms with Gasteiger partial charge in [0.15, 0.2) is 0 Å². The van der Waals surface area contributed by atoms with Crippen LogP contribution in [0.15, 0.2) is 0 Å². The van der Waals surface area contributed by atoms with Crippen molar-refractivity contribution in [2.45, 2.75) is 6.42 Å². The second-order valence-electron chi connectivity index (χ2n) is 3.82. The first kappa shape index (κ1) is 11.3. The fraction of sp³-hybridized carbons (Fsp3) is 0.667. The first-order chi connectivity index (χ1) is 7.69. The lowest BCUT2D eigenvalue weighted by Crippen LogP contribution is -2.23. The van der Waals surface area contributed by atoms with Crippen LogP contribution in [-0.2, 0) is 4.74 Å². The molecular weight excluding hydrogens is 230 g/mol. The minimum absolute atomic E-state index is 0.137. The molecule has 0 aliphatic carbocycles. The van der Waals surface area contributed by atoms with Gasteiger partial charge in [0.05, 0.1) is 6.61 Å². The Morgan fingerprint density at radius 1 is 1.50 bits per heavy atom. The van der Waals surface area contributed by atoms with Crippen LogP contribution < -0.4 is 10.6 Å². The van der Waals surface area contributed by atoms with Gasteiger partial charge >= 0.3 is 0 Å². The maximum Gasteiger partial charge on any atom is 0.231 e. The van der Waals surface area contributed by atoms with Gasteiger partial charge in [0.25, 0.3) is 0 Å². The molecular formula is C9H14ClN5O. The summed E-state index contributed by atoms with van der Waals surface area (Å²) in [6, 6.07) is 0. The highest BCUT2D eigenvalue weighted by molar-refractivity contribution is 6.28. The molecule has 7 heteroatoms. The van der Waals surface area contributed by atoms with E-state index in [9.17, 15) is 0 Å². The van der Waals surface area contributed by atoms with Gasteiger partial charge in [-0.2, -0.15) is 15.0 Å². The fourth-order valence-electron chi connectivity index (χ4n) is 1.88. The average molecular weight is 244 g/mol. The lowest BCUT2D eigenvalue weighted by atomic mass is 10.1. The summed E-state index contributed by atoms with van der Waals surface area (Å²) in [5.41, 5.74) is 5.52. The van der Waals surface area contributed by atoms with Gasteiger partial charge in [-0.3, -0.25) is 0 Å². The van der Waals surface area contributed by atoms with E-state index in [1.54, 1.807) is 7.11 Å². The van der Waals surface area contributed by atoms with Gasteiger partial charge in [0, 0.05) is 26.1 Å². The van der Waals surface area contributed by atoms with Crippen LogP contribution in [0.1, 0.15) is 6.42 Å². The molecule has 0 bridgehead atoms. The molecule has 1 fully saturated rings. The van der Waals surface area contributed by atoms with Crippen LogP contribution in [0, 0.1) is 5.92 Å². The van der Waals surface area contributed by atoms with Gasteiger partial charge < -0.3 is 15.4 Å². The van der Waals surface area contributed by atoms with Crippen LogP contribution in [0.5, 0.6) is 0 Å². The Bertz CT molecular complexity index is 355. The van der Waals surface area contributed by atoms with Gasteiger partial charge in [0.1, 0.15) is 0 Å². The van der Waals surface area contributed by atoms with E-state index in [0.29, 0.717) is 11.9 Å². The molecule has 2 heterocycles. The van der Waals surface area contributed by atoms with Gasteiger partial charge in [-0.1, -0.05) is 0 Å². The molecule has 1 aliphatic rings. The second kappa shape index (κ2) is 4.80. The summed E-state index contributed by atoms with van der Waals surface area (Å²) >= 11 is 5.73. The number of anilines is 2. The third-order valence-electron chi connectivity index (χ3n) is 2.58. The highest BCUT2D eigenvalue weighted by Gasteiger charge is 2.24. The highest BCUT2D eigenvalue weighted by Crippen LogP contribution is 2.21. The van der Waals surface area contributed by atoms with E-state index >= 15 is 0 Å². The summed E-state index contributed by atoms with van der Waals surface area (Å²) in [4.78, 5) is 13.9. The standard InChI is InChI=1S/C9H14ClN5O/c1-16-5-6-2-3-15(4-6)9-13-7(10)12-8(11)14-9/h6H,2-5H2,1H3,(H2,11,12,13,14). The minimum Gasteiger partial charge on any atom is -0.384 e. The summed E-state index contributed by atoms with van der Waals surface area (Å²) in [5, 5.41) is 0.137. The fourth-order valence-corrected chi connectivity index (χ4v) is 2.04.